The minimum Gasteiger partial charge on any atom is -0.438 e. The van der Waals surface area contributed by atoms with Crippen molar-refractivity contribution in [2.75, 3.05) is 7.05 Å². The van der Waals surface area contributed by atoms with Crippen molar-refractivity contribution >= 4 is 15.9 Å². The van der Waals surface area contributed by atoms with Crippen molar-refractivity contribution in [3.8, 4) is 0 Å². The third-order valence-corrected chi connectivity index (χ3v) is 5.85. The topological polar surface area (TPSA) is 88.4 Å². The van der Waals surface area contributed by atoms with E-state index in [-0.39, 0.29) is 16.9 Å². The highest BCUT2D eigenvalue weighted by atomic mass is 32.2. The van der Waals surface area contributed by atoms with Gasteiger partial charge in [0.1, 0.15) is 0 Å². The van der Waals surface area contributed by atoms with Crippen molar-refractivity contribution in [3.63, 3.8) is 0 Å². The summed E-state index contributed by atoms with van der Waals surface area (Å²) in [7, 11) is -2.41. The molecule has 0 fully saturated rings. The Kier molecular flexibility index (Phi) is 4.96. The number of carbonyl (C=O) groups excluding carboxylic acids is 1. The predicted molar refractivity (Wildman–Crippen MR) is 93.9 cm³/mol. The van der Waals surface area contributed by atoms with E-state index >= 15 is 0 Å². The zero-order valence-electron chi connectivity index (χ0n) is 14.3. The van der Waals surface area contributed by atoms with Crippen molar-refractivity contribution in [3.05, 3.63) is 52.8 Å². The Labute approximate surface area is 147 Å². The number of benzene rings is 1. The quantitative estimate of drug-likeness (QED) is 0.855. The van der Waals surface area contributed by atoms with Crippen LogP contribution in [0.15, 0.2) is 39.8 Å². The lowest BCUT2D eigenvalue weighted by molar-refractivity contribution is 0.0906. The summed E-state index contributed by atoms with van der Waals surface area (Å²) in [6, 6.07) is 8.75. The van der Waals surface area contributed by atoms with Gasteiger partial charge in [-0.1, -0.05) is 18.2 Å². The van der Waals surface area contributed by atoms with Crippen molar-refractivity contribution in [1.29, 1.82) is 0 Å². The molecule has 1 aromatic heterocycles. The van der Waals surface area contributed by atoms with E-state index in [0.717, 1.165) is 18.4 Å². The fourth-order valence-corrected chi connectivity index (χ4v) is 3.71. The highest BCUT2D eigenvalue weighted by Crippen LogP contribution is 2.25. The van der Waals surface area contributed by atoms with Gasteiger partial charge in [0, 0.05) is 0 Å². The van der Waals surface area contributed by atoms with Crippen LogP contribution in [-0.4, -0.2) is 21.4 Å². The minimum atomic E-state index is -3.70. The lowest BCUT2D eigenvalue weighted by Crippen LogP contribution is -2.26. The second-order valence-electron chi connectivity index (χ2n) is 6.26. The SMILES string of the molecule is CNS(=O)(=O)c1ccc(C(=O)N[C@H](C)c2ccc3c(c2)CCCC3)o1. The molecule has 2 N–H and O–H groups in total. The van der Waals surface area contributed by atoms with Gasteiger partial charge in [-0.15, -0.1) is 0 Å². The monoisotopic (exact) mass is 362 g/mol. The number of aryl methyl sites for hydroxylation is 2. The minimum absolute atomic E-state index is 0.0290. The van der Waals surface area contributed by atoms with Crippen LogP contribution in [0.1, 0.15) is 53.1 Å². The molecule has 134 valence electrons. The van der Waals surface area contributed by atoms with Gasteiger partial charge in [0.15, 0.2) is 5.76 Å². The van der Waals surface area contributed by atoms with Crippen LogP contribution in [0.5, 0.6) is 0 Å². The highest BCUT2D eigenvalue weighted by Gasteiger charge is 2.21. The van der Waals surface area contributed by atoms with Gasteiger partial charge in [-0.25, -0.2) is 13.1 Å². The molecule has 1 aromatic carbocycles. The maximum Gasteiger partial charge on any atom is 0.287 e. The predicted octanol–water partition coefficient (Wildman–Crippen LogP) is 2.56. The van der Waals surface area contributed by atoms with Crippen molar-refractivity contribution in [1.82, 2.24) is 10.0 Å². The summed E-state index contributed by atoms with van der Waals surface area (Å²) in [5, 5.41) is 2.58. The number of amides is 1. The zero-order chi connectivity index (χ0) is 18.0. The summed E-state index contributed by atoms with van der Waals surface area (Å²) in [6.45, 7) is 1.90. The van der Waals surface area contributed by atoms with E-state index in [9.17, 15) is 13.2 Å². The Hall–Kier alpha value is -2.12. The molecule has 1 aliphatic carbocycles. The van der Waals surface area contributed by atoms with E-state index in [4.69, 9.17) is 4.42 Å². The molecular weight excluding hydrogens is 340 g/mol. The largest absolute Gasteiger partial charge is 0.438 e. The maximum absolute atomic E-state index is 12.3. The fourth-order valence-electron chi connectivity index (χ4n) is 3.06. The van der Waals surface area contributed by atoms with E-state index in [1.54, 1.807) is 0 Å². The Morgan fingerprint density at radius 1 is 1.12 bits per heavy atom. The third-order valence-electron chi connectivity index (χ3n) is 4.56. The van der Waals surface area contributed by atoms with E-state index in [1.165, 1.54) is 43.1 Å². The molecule has 1 amide bonds. The molecule has 6 nitrogen and oxygen atoms in total. The number of sulfonamides is 1. The number of carbonyl (C=O) groups is 1. The first kappa shape index (κ1) is 17.7. The van der Waals surface area contributed by atoms with Gasteiger partial charge in [0.25, 0.3) is 15.9 Å². The zero-order valence-corrected chi connectivity index (χ0v) is 15.2. The second kappa shape index (κ2) is 7.01. The van der Waals surface area contributed by atoms with Crippen molar-refractivity contribution in [2.45, 2.75) is 43.7 Å². The van der Waals surface area contributed by atoms with Gasteiger partial charge >= 0.3 is 0 Å². The van der Waals surface area contributed by atoms with Gasteiger partial charge < -0.3 is 9.73 Å². The molecule has 1 aliphatic rings. The van der Waals surface area contributed by atoms with Crippen molar-refractivity contribution < 1.29 is 17.6 Å². The Morgan fingerprint density at radius 3 is 2.56 bits per heavy atom. The van der Waals surface area contributed by atoms with Crippen molar-refractivity contribution in [2.24, 2.45) is 0 Å². The summed E-state index contributed by atoms with van der Waals surface area (Å²) in [4.78, 5) is 12.3. The number of furan rings is 1. The first-order valence-electron chi connectivity index (χ1n) is 8.36. The average molecular weight is 362 g/mol. The lowest BCUT2D eigenvalue weighted by atomic mass is 9.89. The fraction of sp³-hybridized carbons (Fsp3) is 0.389. The van der Waals surface area contributed by atoms with Crippen LogP contribution in [0.25, 0.3) is 0 Å². The molecule has 0 radical (unpaired) electrons. The Balaban J connectivity index is 1.72. The van der Waals surface area contributed by atoms with Crippen LogP contribution in [0, 0.1) is 0 Å². The van der Waals surface area contributed by atoms with E-state index < -0.39 is 15.9 Å². The molecule has 3 rings (SSSR count). The van der Waals surface area contributed by atoms with Crippen LogP contribution in [0.3, 0.4) is 0 Å². The molecule has 25 heavy (non-hydrogen) atoms. The van der Waals surface area contributed by atoms with Gasteiger partial charge in [0.05, 0.1) is 6.04 Å². The van der Waals surface area contributed by atoms with Gasteiger partial charge in [-0.3, -0.25) is 4.79 Å². The Bertz CT molecular complexity index is 886. The molecule has 1 atom stereocenters. The molecule has 1 heterocycles. The number of rotatable bonds is 5. The molecule has 0 saturated heterocycles. The van der Waals surface area contributed by atoms with Crippen LogP contribution < -0.4 is 10.0 Å². The second-order valence-corrected chi connectivity index (χ2v) is 8.07. The number of hydrogen-bond acceptors (Lipinski definition) is 4. The molecule has 2 aromatic rings. The summed E-state index contributed by atoms with van der Waals surface area (Å²) >= 11 is 0. The van der Waals surface area contributed by atoms with Gasteiger partial charge in [-0.2, -0.15) is 0 Å². The highest BCUT2D eigenvalue weighted by molar-refractivity contribution is 7.89. The van der Waals surface area contributed by atoms with E-state index in [0.29, 0.717) is 0 Å². The van der Waals surface area contributed by atoms with E-state index in [2.05, 4.69) is 22.2 Å². The number of hydrogen-bond donors (Lipinski definition) is 2. The molecule has 0 unspecified atom stereocenters. The van der Waals surface area contributed by atoms with Gasteiger partial charge in [-0.05, 0) is 68.5 Å². The number of fused-ring (bicyclic) bond motifs is 1. The molecule has 0 aliphatic heterocycles. The molecule has 0 saturated carbocycles. The molecule has 0 bridgehead atoms. The maximum atomic E-state index is 12.3. The molecule has 7 heteroatoms. The van der Waals surface area contributed by atoms with Crippen LogP contribution in [0.2, 0.25) is 0 Å². The standard InChI is InChI=1S/C18H22N2O4S/c1-12(14-8-7-13-5-3-4-6-15(13)11-14)20-18(21)16-9-10-17(24-16)25(22,23)19-2/h7-12,19H,3-6H2,1-2H3,(H,20,21)/t12-/m1/s1. The summed E-state index contributed by atoms with van der Waals surface area (Å²) < 4.78 is 30.7. The van der Waals surface area contributed by atoms with Gasteiger partial charge in [0.2, 0.25) is 5.09 Å². The third kappa shape index (κ3) is 3.77. The number of nitrogens with one attached hydrogen (secondary N) is 2. The lowest BCUT2D eigenvalue weighted by Gasteiger charge is -2.19. The van der Waals surface area contributed by atoms with Crippen LogP contribution in [-0.2, 0) is 22.9 Å². The summed E-state index contributed by atoms with van der Waals surface area (Å²) in [5.74, 6) is -0.471. The van der Waals surface area contributed by atoms with Crippen LogP contribution in [0.4, 0.5) is 0 Å². The van der Waals surface area contributed by atoms with Crippen LogP contribution >= 0.6 is 0 Å². The normalized spacial score (nSPS) is 15.4. The summed E-state index contributed by atoms with van der Waals surface area (Å²) in [6.07, 6.45) is 4.63. The first-order valence-corrected chi connectivity index (χ1v) is 9.85. The smallest absolute Gasteiger partial charge is 0.287 e. The first-order chi connectivity index (χ1) is 11.9. The average Bonchev–Trinajstić information content (AvgIpc) is 3.12. The van der Waals surface area contributed by atoms with E-state index in [1.807, 2.05) is 13.0 Å². The summed E-state index contributed by atoms with van der Waals surface area (Å²) in [5.41, 5.74) is 3.77. The Morgan fingerprint density at radius 2 is 1.84 bits per heavy atom. The molecule has 0 spiro atoms. The molecular formula is C18H22N2O4S.